The van der Waals surface area contributed by atoms with E-state index in [2.05, 4.69) is 0 Å². The van der Waals surface area contributed by atoms with Crippen molar-refractivity contribution in [3.05, 3.63) is 24.3 Å². The van der Waals surface area contributed by atoms with Crippen LogP contribution in [-0.2, 0) is 4.79 Å². The Balaban J connectivity index is 3.35. The molecule has 2 heteroatoms. The minimum absolute atomic E-state index is 0.187. The molecule has 0 aromatic rings. The van der Waals surface area contributed by atoms with Crippen molar-refractivity contribution in [2.24, 2.45) is 0 Å². The number of carbonyl (C=O) groups is 1. The highest BCUT2D eigenvalue weighted by Gasteiger charge is 1.95. The highest BCUT2D eigenvalue weighted by Crippen LogP contribution is 2.03. The Labute approximate surface area is 86.3 Å². The van der Waals surface area contributed by atoms with Gasteiger partial charge in [0.25, 0.3) is 0 Å². The molecule has 0 saturated heterocycles. The minimum atomic E-state index is 0.187. The molecule has 0 atom stereocenters. The fourth-order valence-corrected chi connectivity index (χ4v) is 1.12. The lowest BCUT2D eigenvalue weighted by atomic mass is 10.1. The van der Waals surface area contributed by atoms with Gasteiger partial charge in [0.2, 0.25) is 0 Å². The summed E-state index contributed by atoms with van der Waals surface area (Å²) in [4.78, 5) is 11.2. The molecule has 1 N–H and O–H groups in total. The Kier molecular flexibility index (Phi) is 9.54. The summed E-state index contributed by atoms with van der Waals surface area (Å²) < 4.78 is 0. The van der Waals surface area contributed by atoms with Crippen LogP contribution in [0.15, 0.2) is 24.3 Å². The predicted molar refractivity (Wildman–Crippen MR) is 59.1 cm³/mol. The van der Waals surface area contributed by atoms with Crippen LogP contribution < -0.4 is 0 Å². The highest BCUT2D eigenvalue weighted by atomic mass is 16.2. The van der Waals surface area contributed by atoms with Crippen LogP contribution in [0.4, 0.5) is 0 Å². The van der Waals surface area contributed by atoms with Gasteiger partial charge in [-0.25, -0.2) is 0 Å². The van der Waals surface area contributed by atoms with E-state index in [4.69, 9.17) is 5.11 Å². The molecule has 0 aromatic carbocycles. The molecular weight excluding hydrogens is 176 g/mol. The third-order valence-electron chi connectivity index (χ3n) is 1.92. The zero-order chi connectivity index (χ0) is 10.6. The molecule has 0 rings (SSSR count). The lowest BCUT2D eigenvalue weighted by Gasteiger charge is -1.96. The first-order chi connectivity index (χ1) is 6.81. The molecule has 0 fully saturated rings. The molecular formula is C12H20O2. The molecule has 0 aliphatic heterocycles. The second-order valence-electron chi connectivity index (χ2n) is 3.24. The second kappa shape index (κ2) is 10.2. The van der Waals surface area contributed by atoms with E-state index >= 15 is 0 Å². The first-order valence-corrected chi connectivity index (χ1v) is 5.24. The van der Waals surface area contributed by atoms with E-state index < -0.39 is 0 Å². The van der Waals surface area contributed by atoms with E-state index in [9.17, 15) is 4.79 Å². The zero-order valence-corrected chi connectivity index (χ0v) is 8.91. The van der Waals surface area contributed by atoms with Gasteiger partial charge in [-0.15, -0.1) is 0 Å². The summed E-state index contributed by atoms with van der Waals surface area (Å²) in [5.41, 5.74) is 0. The third kappa shape index (κ3) is 9.20. The largest absolute Gasteiger partial charge is 0.396 e. The van der Waals surface area contributed by atoms with E-state index in [1.165, 1.54) is 0 Å². The summed E-state index contributed by atoms with van der Waals surface area (Å²) in [6, 6.07) is 0. The highest BCUT2D eigenvalue weighted by molar-refractivity contribution is 5.89. The first kappa shape index (κ1) is 13.1. The fraction of sp³-hybridized carbons (Fsp3) is 0.583. The number of aliphatic hydroxyl groups is 1. The van der Waals surface area contributed by atoms with Gasteiger partial charge in [-0.1, -0.05) is 31.1 Å². The monoisotopic (exact) mass is 196 g/mol. The number of ketones is 1. The molecule has 0 heterocycles. The summed E-state index contributed by atoms with van der Waals surface area (Å²) >= 11 is 0. The Morgan fingerprint density at radius 3 is 2.50 bits per heavy atom. The number of unbranched alkanes of at least 4 members (excludes halogenated alkanes) is 3. The lowest BCUT2D eigenvalue weighted by Crippen LogP contribution is -1.92. The van der Waals surface area contributed by atoms with Crippen LogP contribution in [-0.4, -0.2) is 17.5 Å². The minimum Gasteiger partial charge on any atom is -0.396 e. The molecule has 0 bridgehead atoms. The number of carbonyl (C=O) groups excluding carboxylic acids is 1. The summed E-state index contributed by atoms with van der Waals surface area (Å²) in [5.74, 6) is 0.187. The molecule has 14 heavy (non-hydrogen) atoms. The summed E-state index contributed by atoms with van der Waals surface area (Å²) in [6.07, 6.45) is 11.6. The van der Waals surface area contributed by atoms with Crippen molar-refractivity contribution in [1.82, 2.24) is 0 Å². The van der Waals surface area contributed by atoms with Crippen LogP contribution in [0.3, 0.4) is 0 Å². The maximum Gasteiger partial charge on any atom is 0.155 e. The van der Waals surface area contributed by atoms with Gasteiger partial charge in [-0.3, -0.25) is 4.79 Å². The van der Waals surface area contributed by atoms with Crippen LogP contribution in [0.5, 0.6) is 0 Å². The second-order valence-corrected chi connectivity index (χ2v) is 3.24. The van der Waals surface area contributed by atoms with E-state index in [0.29, 0.717) is 6.42 Å². The number of allylic oxidation sites excluding steroid dienone is 4. The molecule has 0 amide bonds. The zero-order valence-electron chi connectivity index (χ0n) is 8.91. The molecule has 0 saturated carbocycles. The molecule has 0 unspecified atom stereocenters. The van der Waals surface area contributed by atoms with Crippen molar-refractivity contribution >= 4 is 5.78 Å². The van der Waals surface area contributed by atoms with Crippen molar-refractivity contribution in [2.45, 2.75) is 39.0 Å². The molecule has 80 valence electrons. The number of hydrogen-bond acceptors (Lipinski definition) is 2. The average molecular weight is 196 g/mol. The number of aliphatic hydroxyl groups excluding tert-OH is 1. The van der Waals surface area contributed by atoms with Crippen molar-refractivity contribution < 1.29 is 9.90 Å². The number of rotatable bonds is 8. The van der Waals surface area contributed by atoms with E-state index in [-0.39, 0.29) is 12.4 Å². The molecule has 0 aliphatic rings. The predicted octanol–water partition coefficient (Wildman–Crippen LogP) is 2.63. The Morgan fingerprint density at radius 1 is 1.14 bits per heavy atom. The topological polar surface area (TPSA) is 37.3 Å². The maximum atomic E-state index is 11.2. The van der Waals surface area contributed by atoms with Crippen molar-refractivity contribution in [3.63, 3.8) is 0 Å². The molecule has 0 aliphatic carbocycles. The third-order valence-corrected chi connectivity index (χ3v) is 1.92. The van der Waals surface area contributed by atoms with Gasteiger partial charge >= 0.3 is 0 Å². The average Bonchev–Trinajstić information content (AvgIpc) is 2.18. The van der Waals surface area contributed by atoms with E-state index in [1.807, 2.05) is 19.1 Å². The van der Waals surface area contributed by atoms with Crippen LogP contribution in [0, 0.1) is 0 Å². The van der Waals surface area contributed by atoms with Gasteiger partial charge in [0.05, 0.1) is 0 Å². The molecule has 0 aromatic heterocycles. The van der Waals surface area contributed by atoms with E-state index in [0.717, 1.165) is 25.7 Å². The van der Waals surface area contributed by atoms with Crippen LogP contribution in [0.1, 0.15) is 39.0 Å². The van der Waals surface area contributed by atoms with Crippen molar-refractivity contribution in [3.8, 4) is 0 Å². The Hall–Kier alpha value is -0.890. The SMILES string of the molecule is C/C=C/C=C/C(=O)CCCCCCO. The van der Waals surface area contributed by atoms with Gasteiger partial charge in [0, 0.05) is 13.0 Å². The summed E-state index contributed by atoms with van der Waals surface area (Å²) in [5, 5.41) is 8.53. The van der Waals surface area contributed by atoms with Gasteiger partial charge in [0.1, 0.15) is 0 Å². The van der Waals surface area contributed by atoms with Gasteiger partial charge in [0.15, 0.2) is 5.78 Å². The normalized spacial score (nSPS) is 11.6. The Morgan fingerprint density at radius 2 is 1.86 bits per heavy atom. The Bertz CT molecular complexity index is 192. The fourth-order valence-electron chi connectivity index (χ4n) is 1.12. The smallest absolute Gasteiger partial charge is 0.155 e. The molecule has 2 nitrogen and oxygen atoms in total. The maximum absolute atomic E-state index is 11.2. The lowest BCUT2D eigenvalue weighted by molar-refractivity contribution is -0.114. The van der Waals surface area contributed by atoms with Crippen molar-refractivity contribution in [2.75, 3.05) is 6.61 Å². The van der Waals surface area contributed by atoms with Crippen molar-refractivity contribution in [1.29, 1.82) is 0 Å². The molecule has 0 radical (unpaired) electrons. The van der Waals surface area contributed by atoms with Crippen LogP contribution >= 0.6 is 0 Å². The van der Waals surface area contributed by atoms with E-state index in [1.54, 1.807) is 12.2 Å². The summed E-state index contributed by atoms with van der Waals surface area (Å²) in [7, 11) is 0. The van der Waals surface area contributed by atoms with Gasteiger partial charge in [-0.2, -0.15) is 0 Å². The number of hydrogen-bond donors (Lipinski definition) is 1. The van der Waals surface area contributed by atoms with Crippen LogP contribution in [0.25, 0.3) is 0 Å². The van der Waals surface area contributed by atoms with Gasteiger partial charge in [-0.05, 0) is 25.8 Å². The van der Waals surface area contributed by atoms with Gasteiger partial charge < -0.3 is 5.11 Å². The van der Waals surface area contributed by atoms with Crippen LogP contribution in [0.2, 0.25) is 0 Å². The first-order valence-electron chi connectivity index (χ1n) is 5.24. The standard InChI is InChI=1S/C12H20O2/c1-2-3-6-9-12(14)10-7-4-5-8-11-13/h2-3,6,9,13H,4-5,7-8,10-11H2,1H3/b3-2+,9-6+. The summed E-state index contributed by atoms with van der Waals surface area (Å²) in [6.45, 7) is 2.18. The molecule has 0 spiro atoms. The quantitative estimate of drug-likeness (QED) is 0.368.